The molecule has 0 bridgehead atoms. The van der Waals surface area contributed by atoms with Crippen LogP contribution in [0, 0.1) is 0 Å². The van der Waals surface area contributed by atoms with Crippen LogP contribution >= 0.6 is 7.82 Å². The summed E-state index contributed by atoms with van der Waals surface area (Å²) in [4.78, 5) is 10.0. The van der Waals surface area contributed by atoms with Gasteiger partial charge in [0, 0.05) is 0 Å². The van der Waals surface area contributed by atoms with E-state index in [0.717, 1.165) is 22.3 Å². The molecule has 3 rings (SSSR count). The molecule has 0 aliphatic rings. The van der Waals surface area contributed by atoms with E-state index in [-0.39, 0.29) is 17.2 Å². The SMILES string of the molecule is CC=C(C(=CC)c1ccc(OP(=O)(O)Oc2ccccc2)cc1)c1ccc(O)cc1. The lowest BCUT2D eigenvalue weighted by Gasteiger charge is -2.15. The number of phenols is 1. The summed E-state index contributed by atoms with van der Waals surface area (Å²) in [5, 5.41) is 9.54. The van der Waals surface area contributed by atoms with Gasteiger partial charge in [0.05, 0.1) is 0 Å². The van der Waals surface area contributed by atoms with Crippen molar-refractivity contribution >= 4 is 19.0 Å². The monoisotopic (exact) mass is 422 g/mol. The van der Waals surface area contributed by atoms with E-state index in [1.165, 1.54) is 0 Å². The highest BCUT2D eigenvalue weighted by Gasteiger charge is 2.25. The van der Waals surface area contributed by atoms with E-state index >= 15 is 0 Å². The molecule has 5 nitrogen and oxygen atoms in total. The third-order valence-electron chi connectivity index (χ3n) is 4.40. The first-order chi connectivity index (χ1) is 14.4. The Bertz CT molecular complexity index is 1080. The largest absolute Gasteiger partial charge is 0.584 e. The highest BCUT2D eigenvalue weighted by atomic mass is 31.2. The highest BCUT2D eigenvalue weighted by molar-refractivity contribution is 7.48. The van der Waals surface area contributed by atoms with Crippen molar-refractivity contribution in [3.8, 4) is 17.2 Å². The highest BCUT2D eigenvalue weighted by Crippen LogP contribution is 2.44. The van der Waals surface area contributed by atoms with Crippen LogP contribution in [0.2, 0.25) is 0 Å². The normalized spacial score (nSPS) is 14.1. The molecule has 0 radical (unpaired) electrons. The minimum atomic E-state index is -4.31. The van der Waals surface area contributed by atoms with Gasteiger partial charge < -0.3 is 14.2 Å². The number of aromatic hydroxyl groups is 1. The maximum Gasteiger partial charge on any atom is 0.584 e. The first kappa shape index (κ1) is 21.4. The Kier molecular flexibility index (Phi) is 6.78. The average molecular weight is 422 g/mol. The molecule has 3 aromatic rings. The summed E-state index contributed by atoms with van der Waals surface area (Å²) in [7, 11) is -4.31. The van der Waals surface area contributed by atoms with Crippen LogP contribution in [0.25, 0.3) is 11.1 Å². The van der Waals surface area contributed by atoms with Gasteiger partial charge >= 0.3 is 7.82 Å². The molecule has 0 spiro atoms. The summed E-state index contributed by atoms with van der Waals surface area (Å²) in [6, 6.07) is 22.2. The molecule has 0 saturated heterocycles. The molecule has 0 aliphatic carbocycles. The molecular formula is C24H23O5P. The first-order valence-corrected chi connectivity index (χ1v) is 10.9. The third kappa shape index (κ3) is 5.41. The Balaban J connectivity index is 1.78. The quantitative estimate of drug-likeness (QED) is 0.338. The van der Waals surface area contributed by atoms with Crippen molar-refractivity contribution < 1.29 is 23.6 Å². The molecule has 6 heteroatoms. The topological polar surface area (TPSA) is 76.0 Å². The zero-order valence-corrected chi connectivity index (χ0v) is 17.6. The number of phosphoric acid groups is 1. The second-order valence-electron chi connectivity index (χ2n) is 6.44. The van der Waals surface area contributed by atoms with Crippen LogP contribution in [0.15, 0.2) is 91.0 Å². The predicted molar refractivity (Wildman–Crippen MR) is 119 cm³/mol. The second-order valence-corrected chi connectivity index (χ2v) is 7.74. The van der Waals surface area contributed by atoms with Crippen molar-refractivity contribution in [3.05, 3.63) is 102 Å². The number of allylic oxidation sites excluding steroid dienone is 4. The van der Waals surface area contributed by atoms with Crippen LogP contribution < -0.4 is 9.05 Å². The van der Waals surface area contributed by atoms with Crippen molar-refractivity contribution in [3.63, 3.8) is 0 Å². The Morgan fingerprint density at radius 3 is 1.63 bits per heavy atom. The van der Waals surface area contributed by atoms with E-state index < -0.39 is 7.82 Å². The smallest absolute Gasteiger partial charge is 0.508 e. The number of para-hydroxylation sites is 1. The minimum absolute atomic E-state index is 0.212. The Labute approximate surface area is 176 Å². The molecule has 154 valence electrons. The lowest BCUT2D eigenvalue weighted by Crippen LogP contribution is -2.00. The summed E-state index contributed by atoms with van der Waals surface area (Å²) in [5.41, 5.74) is 3.89. The third-order valence-corrected chi connectivity index (χ3v) is 5.28. The molecule has 1 atom stereocenters. The van der Waals surface area contributed by atoms with Gasteiger partial charge in [0.2, 0.25) is 0 Å². The molecule has 30 heavy (non-hydrogen) atoms. The molecule has 0 aliphatic heterocycles. The van der Waals surface area contributed by atoms with E-state index in [1.807, 2.05) is 50.3 Å². The molecule has 2 N–H and O–H groups in total. The van der Waals surface area contributed by atoms with Crippen molar-refractivity contribution in [2.75, 3.05) is 0 Å². The van der Waals surface area contributed by atoms with Crippen LogP contribution in [0.4, 0.5) is 0 Å². The maximum atomic E-state index is 12.3. The van der Waals surface area contributed by atoms with E-state index in [0.29, 0.717) is 0 Å². The lowest BCUT2D eigenvalue weighted by molar-refractivity contribution is 0.291. The zero-order chi connectivity index (χ0) is 21.6. The molecular weight excluding hydrogens is 399 g/mol. The van der Waals surface area contributed by atoms with Crippen LogP contribution in [0.1, 0.15) is 25.0 Å². The molecule has 0 amide bonds. The number of hydrogen-bond acceptors (Lipinski definition) is 4. The van der Waals surface area contributed by atoms with Gasteiger partial charge in [-0.1, -0.05) is 54.6 Å². The summed E-state index contributed by atoms with van der Waals surface area (Å²) in [6.45, 7) is 3.89. The van der Waals surface area contributed by atoms with Gasteiger partial charge in [-0.05, 0) is 72.5 Å². The zero-order valence-electron chi connectivity index (χ0n) is 16.7. The Hall–Kier alpha value is -3.27. The lowest BCUT2D eigenvalue weighted by atomic mass is 9.92. The van der Waals surface area contributed by atoms with Gasteiger partial charge in [0.1, 0.15) is 17.2 Å². The van der Waals surface area contributed by atoms with Crippen LogP contribution in [-0.4, -0.2) is 10.00 Å². The number of benzene rings is 3. The molecule has 0 saturated carbocycles. The molecule has 0 fully saturated rings. The summed E-state index contributed by atoms with van der Waals surface area (Å²) >= 11 is 0. The Morgan fingerprint density at radius 2 is 1.17 bits per heavy atom. The van der Waals surface area contributed by atoms with Gasteiger partial charge in [-0.2, -0.15) is 0 Å². The van der Waals surface area contributed by atoms with Crippen LogP contribution in [0.5, 0.6) is 17.2 Å². The van der Waals surface area contributed by atoms with Gasteiger partial charge in [-0.15, -0.1) is 0 Å². The first-order valence-electron chi connectivity index (χ1n) is 9.42. The van der Waals surface area contributed by atoms with Gasteiger partial charge in [0.25, 0.3) is 0 Å². The van der Waals surface area contributed by atoms with Crippen molar-refractivity contribution in [2.24, 2.45) is 0 Å². The summed E-state index contributed by atoms with van der Waals surface area (Å²) < 4.78 is 22.5. The van der Waals surface area contributed by atoms with E-state index in [4.69, 9.17) is 9.05 Å². The minimum Gasteiger partial charge on any atom is -0.508 e. The average Bonchev–Trinajstić information content (AvgIpc) is 2.74. The standard InChI is InChI=1S/C24H23O5P/c1-3-23(18-10-14-20(25)15-11-18)24(4-2)19-12-16-22(17-13-19)29-30(26,27)28-21-8-6-5-7-9-21/h3-17,25H,1-2H3,(H,26,27). The molecule has 0 aromatic heterocycles. The number of rotatable bonds is 7. The van der Waals surface area contributed by atoms with Gasteiger partial charge in [0.15, 0.2) is 0 Å². The summed E-state index contributed by atoms with van der Waals surface area (Å²) in [6.07, 6.45) is 4.00. The fourth-order valence-electron chi connectivity index (χ4n) is 3.06. The fourth-order valence-corrected chi connectivity index (χ4v) is 3.87. The molecule has 0 heterocycles. The van der Waals surface area contributed by atoms with Gasteiger partial charge in [-0.3, -0.25) is 4.89 Å². The number of phosphoric ester groups is 1. The maximum absolute atomic E-state index is 12.3. The summed E-state index contributed by atoms with van der Waals surface area (Å²) in [5.74, 6) is 0.689. The van der Waals surface area contributed by atoms with E-state index in [9.17, 15) is 14.6 Å². The van der Waals surface area contributed by atoms with Crippen molar-refractivity contribution in [2.45, 2.75) is 13.8 Å². The van der Waals surface area contributed by atoms with E-state index in [2.05, 4.69) is 0 Å². The molecule has 3 aromatic carbocycles. The van der Waals surface area contributed by atoms with Crippen LogP contribution in [0.3, 0.4) is 0 Å². The predicted octanol–water partition coefficient (Wildman–Crippen LogP) is 6.46. The Morgan fingerprint density at radius 1 is 0.733 bits per heavy atom. The van der Waals surface area contributed by atoms with E-state index in [1.54, 1.807) is 54.6 Å². The second kappa shape index (κ2) is 9.49. The molecule has 1 unspecified atom stereocenters. The van der Waals surface area contributed by atoms with Crippen molar-refractivity contribution in [1.29, 1.82) is 0 Å². The van der Waals surface area contributed by atoms with Crippen molar-refractivity contribution in [1.82, 2.24) is 0 Å². The fraction of sp³-hybridized carbons (Fsp3) is 0.0833. The van der Waals surface area contributed by atoms with Gasteiger partial charge in [-0.25, -0.2) is 4.57 Å². The number of hydrogen-bond donors (Lipinski definition) is 2. The number of phenolic OH excluding ortho intramolecular Hbond substituents is 1. The van der Waals surface area contributed by atoms with Crippen LogP contribution in [-0.2, 0) is 4.57 Å².